The molecule has 0 aliphatic carbocycles. The predicted octanol–water partition coefficient (Wildman–Crippen LogP) is 5.63. The Kier molecular flexibility index (Phi) is 5.70. The fourth-order valence-corrected chi connectivity index (χ4v) is 2.26. The molecule has 0 radical (unpaired) electrons. The van der Waals surface area contributed by atoms with E-state index in [1.54, 1.807) is 0 Å². The zero-order valence-electron chi connectivity index (χ0n) is 15.0. The van der Waals surface area contributed by atoms with E-state index in [1.807, 2.05) is 12.1 Å². The van der Waals surface area contributed by atoms with Crippen LogP contribution in [0.2, 0.25) is 0 Å². The Bertz CT molecular complexity index is 591. The molecule has 0 unspecified atom stereocenters. The van der Waals surface area contributed by atoms with Gasteiger partial charge in [0.25, 0.3) is 0 Å². The average molecular weight is 311 g/mol. The van der Waals surface area contributed by atoms with Crippen molar-refractivity contribution in [2.24, 2.45) is 5.92 Å². The summed E-state index contributed by atoms with van der Waals surface area (Å²) in [4.78, 5) is 0. The van der Waals surface area contributed by atoms with Crippen LogP contribution in [0.3, 0.4) is 0 Å². The molecule has 0 spiro atoms. The predicted molar refractivity (Wildman–Crippen MR) is 99.2 cm³/mol. The number of anilines is 1. The molecule has 2 rings (SSSR count). The van der Waals surface area contributed by atoms with Crippen LogP contribution in [0.4, 0.5) is 5.69 Å². The normalized spacial score (nSPS) is 11.6. The molecule has 0 bridgehead atoms. The standard InChI is InChI=1S/C21H29NO/c1-16(2)15-23-20-12-6-17(7-13-20)14-22-19-10-8-18(9-11-19)21(3,4)5/h6-13,16,22H,14-15H2,1-5H3. The highest BCUT2D eigenvalue weighted by Crippen LogP contribution is 2.23. The third-order valence-corrected chi connectivity index (χ3v) is 3.75. The summed E-state index contributed by atoms with van der Waals surface area (Å²) in [5, 5.41) is 3.47. The van der Waals surface area contributed by atoms with Crippen LogP contribution < -0.4 is 10.1 Å². The molecule has 0 amide bonds. The smallest absolute Gasteiger partial charge is 0.119 e. The van der Waals surface area contributed by atoms with Gasteiger partial charge in [-0.05, 0) is 46.7 Å². The zero-order chi connectivity index (χ0) is 16.9. The summed E-state index contributed by atoms with van der Waals surface area (Å²) in [5.41, 5.74) is 3.96. The molecule has 0 saturated carbocycles. The Balaban J connectivity index is 1.88. The van der Waals surface area contributed by atoms with Gasteiger partial charge in [0.15, 0.2) is 0 Å². The van der Waals surface area contributed by atoms with Gasteiger partial charge in [0.05, 0.1) is 6.61 Å². The quantitative estimate of drug-likeness (QED) is 0.746. The van der Waals surface area contributed by atoms with Crippen LogP contribution in [0.15, 0.2) is 48.5 Å². The minimum absolute atomic E-state index is 0.199. The minimum atomic E-state index is 0.199. The Morgan fingerprint density at radius 3 is 2.04 bits per heavy atom. The maximum absolute atomic E-state index is 5.71. The highest BCUT2D eigenvalue weighted by Gasteiger charge is 2.12. The lowest BCUT2D eigenvalue weighted by Crippen LogP contribution is -2.10. The number of hydrogen-bond donors (Lipinski definition) is 1. The van der Waals surface area contributed by atoms with Crippen molar-refractivity contribution in [3.63, 3.8) is 0 Å². The third kappa shape index (κ3) is 5.63. The molecule has 0 aliphatic rings. The van der Waals surface area contributed by atoms with Gasteiger partial charge in [-0.25, -0.2) is 0 Å². The van der Waals surface area contributed by atoms with Crippen molar-refractivity contribution in [1.82, 2.24) is 0 Å². The van der Waals surface area contributed by atoms with Crippen molar-refractivity contribution in [2.75, 3.05) is 11.9 Å². The average Bonchev–Trinajstić information content (AvgIpc) is 2.51. The van der Waals surface area contributed by atoms with E-state index in [9.17, 15) is 0 Å². The molecule has 1 N–H and O–H groups in total. The summed E-state index contributed by atoms with van der Waals surface area (Å²) in [5.74, 6) is 1.49. The monoisotopic (exact) mass is 311 g/mol. The van der Waals surface area contributed by atoms with Crippen molar-refractivity contribution in [2.45, 2.75) is 46.6 Å². The van der Waals surface area contributed by atoms with E-state index in [-0.39, 0.29) is 5.41 Å². The van der Waals surface area contributed by atoms with E-state index >= 15 is 0 Å². The van der Waals surface area contributed by atoms with Crippen LogP contribution in [0, 0.1) is 5.92 Å². The Hall–Kier alpha value is -1.96. The van der Waals surface area contributed by atoms with Gasteiger partial charge in [-0.3, -0.25) is 0 Å². The van der Waals surface area contributed by atoms with Gasteiger partial charge in [0.1, 0.15) is 5.75 Å². The highest BCUT2D eigenvalue weighted by molar-refractivity contribution is 5.46. The molecule has 0 aromatic heterocycles. The molecule has 2 aromatic rings. The summed E-state index contributed by atoms with van der Waals surface area (Å²) >= 11 is 0. The molecule has 0 fully saturated rings. The van der Waals surface area contributed by atoms with E-state index in [2.05, 4.69) is 76.3 Å². The molecule has 23 heavy (non-hydrogen) atoms. The second-order valence-electron chi connectivity index (χ2n) is 7.53. The SMILES string of the molecule is CC(C)COc1ccc(CNc2ccc(C(C)(C)C)cc2)cc1. The number of nitrogens with one attached hydrogen (secondary N) is 1. The lowest BCUT2D eigenvalue weighted by atomic mass is 9.87. The summed E-state index contributed by atoms with van der Waals surface area (Å²) < 4.78 is 5.71. The van der Waals surface area contributed by atoms with Gasteiger partial charge in [-0.2, -0.15) is 0 Å². The Labute approximate surface area is 140 Å². The summed E-state index contributed by atoms with van der Waals surface area (Å²) in [7, 11) is 0. The summed E-state index contributed by atoms with van der Waals surface area (Å²) in [6.07, 6.45) is 0. The second-order valence-corrected chi connectivity index (χ2v) is 7.53. The molecule has 2 aromatic carbocycles. The van der Waals surface area contributed by atoms with Crippen LogP contribution >= 0.6 is 0 Å². The van der Waals surface area contributed by atoms with Crippen LogP contribution in [-0.4, -0.2) is 6.61 Å². The van der Waals surface area contributed by atoms with Gasteiger partial charge in [0, 0.05) is 12.2 Å². The second kappa shape index (κ2) is 7.54. The largest absolute Gasteiger partial charge is 0.493 e. The fraction of sp³-hybridized carbons (Fsp3) is 0.429. The number of benzene rings is 2. The molecule has 0 aliphatic heterocycles. The molecule has 2 nitrogen and oxygen atoms in total. The molecule has 124 valence electrons. The van der Waals surface area contributed by atoms with E-state index in [0.29, 0.717) is 5.92 Å². The molecule has 2 heteroatoms. The van der Waals surface area contributed by atoms with Gasteiger partial charge >= 0.3 is 0 Å². The van der Waals surface area contributed by atoms with Crippen molar-refractivity contribution in [3.8, 4) is 5.75 Å². The van der Waals surface area contributed by atoms with E-state index in [0.717, 1.165) is 24.6 Å². The van der Waals surface area contributed by atoms with Crippen LogP contribution in [0.1, 0.15) is 45.7 Å². The molecule has 0 atom stereocenters. The van der Waals surface area contributed by atoms with E-state index in [4.69, 9.17) is 4.74 Å². The Morgan fingerprint density at radius 1 is 0.913 bits per heavy atom. The zero-order valence-corrected chi connectivity index (χ0v) is 15.0. The molecule has 0 saturated heterocycles. The van der Waals surface area contributed by atoms with Crippen molar-refractivity contribution >= 4 is 5.69 Å². The first kappa shape index (κ1) is 17.4. The van der Waals surface area contributed by atoms with E-state index in [1.165, 1.54) is 11.1 Å². The number of hydrogen-bond acceptors (Lipinski definition) is 2. The molecule has 0 heterocycles. The first-order chi connectivity index (χ1) is 10.8. The first-order valence-electron chi connectivity index (χ1n) is 8.41. The number of rotatable bonds is 6. The highest BCUT2D eigenvalue weighted by atomic mass is 16.5. The third-order valence-electron chi connectivity index (χ3n) is 3.75. The lowest BCUT2D eigenvalue weighted by Gasteiger charge is -2.19. The lowest BCUT2D eigenvalue weighted by molar-refractivity contribution is 0.271. The first-order valence-corrected chi connectivity index (χ1v) is 8.41. The van der Waals surface area contributed by atoms with Gasteiger partial charge in [-0.1, -0.05) is 58.9 Å². The summed E-state index contributed by atoms with van der Waals surface area (Å²) in [6.45, 7) is 12.6. The van der Waals surface area contributed by atoms with Gasteiger partial charge in [-0.15, -0.1) is 0 Å². The number of ether oxygens (including phenoxy) is 1. The van der Waals surface area contributed by atoms with Crippen LogP contribution in [0.25, 0.3) is 0 Å². The van der Waals surface area contributed by atoms with Crippen molar-refractivity contribution in [3.05, 3.63) is 59.7 Å². The maximum atomic E-state index is 5.71. The van der Waals surface area contributed by atoms with Gasteiger partial charge < -0.3 is 10.1 Å². The van der Waals surface area contributed by atoms with Crippen molar-refractivity contribution in [1.29, 1.82) is 0 Å². The van der Waals surface area contributed by atoms with Crippen LogP contribution in [-0.2, 0) is 12.0 Å². The Morgan fingerprint density at radius 2 is 1.52 bits per heavy atom. The molecular formula is C21H29NO. The van der Waals surface area contributed by atoms with E-state index < -0.39 is 0 Å². The molecular weight excluding hydrogens is 282 g/mol. The fourth-order valence-electron chi connectivity index (χ4n) is 2.26. The van der Waals surface area contributed by atoms with Crippen LogP contribution in [0.5, 0.6) is 5.75 Å². The maximum Gasteiger partial charge on any atom is 0.119 e. The topological polar surface area (TPSA) is 21.3 Å². The minimum Gasteiger partial charge on any atom is -0.493 e. The van der Waals surface area contributed by atoms with Gasteiger partial charge in [0.2, 0.25) is 0 Å². The van der Waals surface area contributed by atoms with Crippen molar-refractivity contribution < 1.29 is 4.74 Å². The summed E-state index contributed by atoms with van der Waals surface area (Å²) in [6, 6.07) is 17.0.